The summed E-state index contributed by atoms with van der Waals surface area (Å²) in [7, 11) is 0. The lowest BCUT2D eigenvalue weighted by molar-refractivity contribution is -0.231. The van der Waals surface area contributed by atoms with Gasteiger partial charge in [0.1, 0.15) is 18.3 Å². The highest BCUT2D eigenvalue weighted by Gasteiger charge is 2.55. The molecule has 1 aromatic rings. The van der Waals surface area contributed by atoms with Crippen molar-refractivity contribution in [2.75, 3.05) is 6.61 Å². The summed E-state index contributed by atoms with van der Waals surface area (Å²) in [5.74, 6) is -0.654. The van der Waals surface area contributed by atoms with E-state index in [2.05, 4.69) is 0 Å². The fraction of sp³-hybridized carbons (Fsp3) is 0.529. The highest BCUT2D eigenvalue weighted by atomic mass is 16.8. The highest BCUT2D eigenvalue weighted by molar-refractivity contribution is 5.13. The number of rotatable bonds is 5. The van der Waals surface area contributed by atoms with Gasteiger partial charge in [-0.25, -0.2) is 0 Å². The van der Waals surface area contributed by atoms with Gasteiger partial charge in [-0.3, -0.25) is 0 Å². The smallest absolute Gasteiger partial charge is 0.187 e. The molecule has 2 aliphatic rings. The number of fused-ring (bicyclic) bond motifs is 1. The Balaban J connectivity index is 1.67. The van der Waals surface area contributed by atoms with Crippen molar-refractivity contribution >= 4 is 0 Å². The molecule has 0 bridgehead atoms. The van der Waals surface area contributed by atoms with Gasteiger partial charge in [-0.15, -0.1) is 0 Å². The Morgan fingerprint density at radius 1 is 1.18 bits per heavy atom. The Kier molecular flexibility index (Phi) is 4.61. The molecule has 4 atom stereocenters. The van der Waals surface area contributed by atoms with E-state index < -0.39 is 12.1 Å². The quantitative estimate of drug-likeness (QED) is 0.843. The van der Waals surface area contributed by atoms with E-state index in [1.54, 1.807) is 12.2 Å². The standard InChI is InChI=1S/C17H22O5/c1-17(2)21-14-13(9-6-10-18)20-16(15(14)22-17)19-11-12-7-4-3-5-8-12/h3-9,13-16,18H,10-11H2,1-2H3/b9-6+/t13-,14-,15-,16-/m1/s1. The average Bonchev–Trinajstić information content (AvgIpc) is 2.98. The first-order valence-corrected chi connectivity index (χ1v) is 7.53. The molecule has 0 aliphatic carbocycles. The van der Waals surface area contributed by atoms with Crippen LogP contribution in [0.25, 0.3) is 0 Å². The summed E-state index contributed by atoms with van der Waals surface area (Å²) in [5.41, 5.74) is 1.08. The van der Waals surface area contributed by atoms with Gasteiger partial charge in [0.25, 0.3) is 0 Å². The molecule has 1 N–H and O–H groups in total. The number of hydrogen-bond donors (Lipinski definition) is 1. The summed E-state index contributed by atoms with van der Waals surface area (Å²) in [4.78, 5) is 0. The average molecular weight is 306 g/mol. The number of ether oxygens (including phenoxy) is 4. The van der Waals surface area contributed by atoms with Gasteiger partial charge in [-0.1, -0.05) is 42.5 Å². The van der Waals surface area contributed by atoms with Gasteiger partial charge in [0, 0.05) is 0 Å². The van der Waals surface area contributed by atoms with Crippen LogP contribution in [0.4, 0.5) is 0 Å². The topological polar surface area (TPSA) is 57.2 Å². The molecule has 0 spiro atoms. The van der Waals surface area contributed by atoms with Gasteiger partial charge in [-0.05, 0) is 19.4 Å². The van der Waals surface area contributed by atoms with Gasteiger partial charge in [0.2, 0.25) is 0 Å². The number of aliphatic hydroxyl groups excluding tert-OH is 1. The lowest BCUT2D eigenvalue weighted by Gasteiger charge is -2.23. The summed E-state index contributed by atoms with van der Waals surface area (Å²) < 4.78 is 23.6. The third kappa shape index (κ3) is 3.39. The molecule has 1 aromatic carbocycles. The molecule has 22 heavy (non-hydrogen) atoms. The SMILES string of the molecule is CC1(C)O[C@H]2[C@H](OCc3ccccc3)O[C@H](/C=C/CO)[C@H]2O1. The molecule has 2 saturated heterocycles. The van der Waals surface area contributed by atoms with Crippen LogP contribution in [0.2, 0.25) is 0 Å². The van der Waals surface area contributed by atoms with Crippen LogP contribution in [-0.4, -0.2) is 42.1 Å². The van der Waals surface area contributed by atoms with Crippen molar-refractivity contribution in [2.24, 2.45) is 0 Å². The molecule has 5 heteroatoms. The normalized spacial score (nSPS) is 33.4. The van der Waals surface area contributed by atoms with Gasteiger partial charge < -0.3 is 24.1 Å². The molecule has 120 valence electrons. The van der Waals surface area contributed by atoms with Crippen molar-refractivity contribution in [3.63, 3.8) is 0 Å². The third-order valence-electron chi connectivity index (χ3n) is 3.74. The van der Waals surface area contributed by atoms with E-state index in [1.807, 2.05) is 44.2 Å². The molecule has 0 amide bonds. The van der Waals surface area contributed by atoms with Crippen LogP contribution < -0.4 is 0 Å². The van der Waals surface area contributed by atoms with E-state index in [1.165, 1.54) is 0 Å². The molecule has 0 aromatic heterocycles. The zero-order chi connectivity index (χ0) is 15.6. The maximum atomic E-state index is 8.94. The summed E-state index contributed by atoms with van der Waals surface area (Å²) in [6.07, 6.45) is 2.19. The van der Waals surface area contributed by atoms with Crippen molar-refractivity contribution in [1.82, 2.24) is 0 Å². The Hall–Kier alpha value is -1.24. The van der Waals surface area contributed by atoms with E-state index in [0.29, 0.717) is 6.61 Å². The predicted molar refractivity (Wildman–Crippen MR) is 79.9 cm³/mol. The van der Waals surface area contributed by atoms with Crippen molar-refractivity contribution in [1.29, 1.82) is 0 Å². The molecule has 3 rings (SSSR count). The minimum Gasteiger partial charge on any atom is -0.392 e. The molecule has 2 aliphatic heterocycles. The lowest BCUT2D eigenvalue weighted by Crippen LogP contribution is -2.31. The highest BCUT2D eigenvalue weighted by Crippen LogP contribution is 2.39. The van der Waals surface area contributed by atoms with Crippen LogP contribution >= 0.6 is 0 Å². The zero-order valence-corrected chi connectivity index (χ0v) is 12.8. The Morgan fingerprint density at radius 2 is 1.91 bits per heavy atom. The molecule has 0 saturated carbocycles. The van der Waals surface area contributed by atoms with Gasteiger partial charge in [-0.2, -0.15) is 0 Å². The van der Waals surface area contributed by atoms with E-state index in [0.717, 1.165) is 5.56 Å². The number of benzene rings is 1. The first-order chi connectivity index (χ1) is 10.6. The van der Waals surface area contributed by atoms with Crippen molar-refractivity contribution < 1.29 is 24.1 Å². The summed E-state index contributed by atoms with van der Waals surface area (Å²) in [6.45, 7) is 4.19. The van der Waals surface area contributed by atoms with E-state index in [4.69, 9.17) is 24.1 Å². The summed E-state index contributed by atoms with van der Waals surface area (Å²) >= 11 is 0. The van der Waals surface area contributed by atoms with E-state index in [9.17, 15) is 0 Å². The van der Waals surface area contributed by atoms with Crippen molar-refractivity contribution in [3.05, 3.63) is 48.0 Å². The van der Waals surface area contributed by atoms with Crippen molar-refractivity contribution in [3.8, 4) is 0 Å². The first-order valence-electron chi connectivity index (χ1n) is 7.53. The lowest BCUT2D eigenvalue weighted by atomic mass is 10.1. The van der Waals surface area contributed by atoms with Crippen LogP contribution in [0.15, 0.2) is 42.5 Å². The second kappa shape index (κ2) is 6.48. The van der Waals surface area contributed by atoms with Crippen LogP contribution in [-0.2, 0) is 25.6 Å². The fourth-order valence-electron chi connectivity index (χ4n) is 2.83. The Bertz CT molecular complexity index is 513. The maximum absolute atomic E-state index is 8.94. The van der Waals surface area contributed by atoms with Gasteiger partial charge in [0.05, 0.1) is 13.2 Å². The Labute approximate surface area is 130 Å². The predicted octanol–water partition coefficient (Wildman–Crippen LogP) is 2.00. The molecule has 0 unspecified atom stereocenters. The monoisotopic (exact) mass is 306 g/mol. The molecular formula is C17H22O5. The minimum absolute atomic E-state index is 0.0307. The second-order valence-corrected chi connectivity index (χ2v) is 5.94. The van der Waals surface area contributed by atoms with Crippen LogP contribution in [0, 0.1) is 0 Å². The summed E-state index contributed by atoms with van der Waals surface area (Å²) in [6, 6.07) is 9.93. The molecule has 2 fully saturated rings. The van der Waals surface area contributed by atoms with Crippen LogP contribution in [0.1, 0.15) is 19.4 Å². The molecule has 0 radical (unpaired) electrons. The minimum atomic E-state index is -0.654. The Morgan fingerprint density at radius 3 is 2.64 bits per heavy atom. The van der Waals surface area contributed by atoms with E-state index in [-0.39, 0.29) is 24.9 Å². The molecular weight excluding hydrogens is 284 g/mol. The largest absolute Gasteiger partial charge is 0.392 e. The molecule has 5 nitrogen and oxygen atoms in total. The molecule has 2 heterocycles. The maximum Gasteiger partial charge on any atom is 0.187 e. The van der Waals surface area contributed by atoms with Gasteiger partial charge >= 0.3 is 0 Å². The first kappa shape index (κ1) is 15.6. The number of aliphatic hydroxyl groups is 1. The second-order valence-electron chi connectivity index (χ2n) is 5.94. The third-order valence-corrected chi connectivity index (χ3v) is 3.74. The summed E-state index contributed by atoms with van der Waals surface area (Å²) in [5, 5.41) is 8.94. The van der Waals surface area contributed by atoms with Gasteiger partial charge in [0.15, 0.2) is 12.1 Å². The van der Waals surface area contributed by atoms with E-state index >= 15 is 0 Å². The number of hydrogen-bond acceptors (Lipinski definition) is 5. The zero-order valence-electron chi connectivity index (χ0n) is 12.8. The van der Waals surface area contributed by atoms with Crippen molar-refractivity contribution in [2.45, 2.75) is 50.8 Å². The van der Waals surface area contributed by atoms with Crippen LogP contribution in [0.5, 0.6) is 0 Å². The fourth-order valence-corrected chi connectivity index (χ4v) is 2.83. The van der Waals surface area contributed by atoms with Crippen LogP contribution in [0.3, 0.4) is 0 Å².